The number of fused-ring (bicyclic) bond motifs is 1. The highest BCUT2D eigenvalue weighted by atomic mass is 35.5. The first-order valence-corrected chi connectivity index (χ1v) is 12.2. The summed E-state index contributed by atoms with van der Waals surface area (Å²) in [5.74, 6) is -1.02. The zero-order valence-electron chi connectivity index (χ0n) is 19.3. The first-order chi connectivity index (χ1) is 17.8. The number of nitro groups is 1. The van der Waals surface area contributed by atoms with Crippen molar-refractivity contribution >= 4 is 56.4 Å². The van der Waals surface area contributed by atoms with E-state index >= 15 is 0 Å². The third kappa shape index (κ3) is 4.82. The highest BCUT2D eigenvalue weighted by Gasteiger charge is 2.22. The molecule has 37 heavy (non-hydrogen) atoms. The molecule has 1 N–H and O–H groups in total. The maximum atomic E-state index is 13.3. The smallest absolute Gasteiger partial charge is 0.288 e. The van der Waals surface area contributed by atoms with Crippen LogP contribution >= 0.6 is 22.9 Å². The second-order valence-corrected chi connectivity index (χ2v) is 9.51. The molecule has 0 aliphatic rings. The molecule has 182 valence electrons. The molecule has 5 rings (SSSR count). The van der Waals surface area contributed by atoms with Gasteiger partial charge < -0.3 is 5.32 Å². The predicted molar refractivity (Wildman–Crippen MR) is 144 cm³/mol. The number of hydrogen-bond donors (Lipinski definition) is 1. The summed E-state index contributed by atoms with van der Waals surface area (Å²) in [5, 5.41) is 14.8. The van der Waals surface area contributed by atoms with Gasteiger partial charge in [0.1, 0.15) is 20.4 Å². The van der Waals surface area contributed by atoms with Crippen LogP contribution in [0.4, 0.5) is 11.4 Å². The zero-order valence-corrected chi connectivity index (χ0v) is 20.8. The summed E-state index contributed by atoms with van der Waals surface area (Å²) in [6.07, 6.45) is 1.71. The Morgan fingerprint density at radius 3 is 2.54 bits per heavy atom. The summed E-state index contributed by atoms with van der Waals surface area (Å²) in [6.45, 7) is 1.86. The van der Waals surface area contributed by atoms with E-state index in [9.17, 15) is 19.7 Å². The number of aromatic nitrogens is 2. The molecule has 0 fully saturated rings. The summed E-state index contributed by atoms with van der Waals surface area (Å²) in [6, 6.07) is 19.5. The summed E-state index contributed by atoms with van der Waals surface area (Å²) in [4.78, 5) is 47.0. The van der Waals surface area contributed by atoms with Crippen LogP contribution < -0.4 is 5.32 Å². The molecule has 8 nitrogen and oxygen atoms in total. The topological polar surface area (TPSA) is 115 Å². The third-order valence-corrected chi connectivity index (χ3v) is 7.07. The maximum absolute atomic E-state index is 13.3. The summed E-state index contributed by atoms with van der Waals surface area (Å²) in [5.41, 5.74) is 2.94. The van der Waals surface area contributed by atoms with Gasteiger partial charge in [0, 0.05) is 34.6 Å². The van der Waals surface area contributed by atoms with Gasteiger partial charge in [0.25, 0.3) is 11.6 Å². The van der Waals surface area contributed by atoms with Crippen molar-refractivity contribution in [3.8, 4) is 10.6 Å². The minimum atomic E-state index is -0.658. The van der Waals surface area contributed by atoms with Crippen molar-refractivity contribution < 1.29 is 14.5 Å². The number of hydrogen-bond acceptors (Lipinski definition) is 7. The van der Waals surface area contributed by atoms with E-state index in [0.29, 0.717) is 5.69 Å². The van der Waals surface area contributed by atoms with Gasteiger partial charge >= 0.3 is 0 Å². The number of pyridine rings is 1. The molecule has 0 atom stereocenters. The first kappa shape index (κ1) is 24.2. The highest BCUT2D eigenvalue weighted by Crippen LogP contribution is 2.32. The van der Waals surface area contributed by atoms with Crippen molar-refractivity contribution in [2.24, 2.45) is 0 Å². The van der Waals surface area contributed by atoms with Crippen LogP contribution in [-0.4, -0.2) is 26.6 Å². The van der Waals surface area contributed by atoms with Crippen molar-refractivity contribution in [3.63, 3.8) is 0 Å². The summed E-state index contributed by atoms with van der Waals surface area (Å²) < 4.78 is 0. The van der Waals surface area contributed by atoms with Crippen LogP contribution in [-0.2, 0) is 0 Å². The van der Waals surface area contributed by atoms with Crippen molar-refractivity contribution in [2.75, 3.05) is 5.32 Å². The van der Waals surface area contributed by atoms with Crippen LogP contribution in [0.3, 0.4) is 0 Å². The SMILES string of the molecule is Cc1ccc(-c2nc3cccnc3s2)cc1NC(=O)c1ccccc1C(=O)c1ccc(Cl)c([N+](=O)[O-])c1. The maximum Gasteiger partial charge on any atom is 0.288 e. The van der Waals surface area contributed by atoms with Crippen LogP contribution in [0.2, 0.25) is 5.02 Å². The molecule has 1 amide bonds. The number of benzene rings is 3. The van der Waals surface area contributed by atoms with E-state index in [1.165, 1.54) is 35.6 Å². The minimum absolute atomic E-state index is 0.0546. The van der Waals surface area contributed by atoms with Crippen LogP contribution in [0.5, 0.6) is 0 Å². The van der Waals surface area contributed by atoms with Gasteiger partial charge in [0.05, 0.1) is 10.5 Å². The van der Waals surface area contributed by atoms with Gasteiger partial charge in [-0.3, -0.25) is 19.7 Å². The molecule has 0 bridgehead atoms. The molecule has 10 heteroatoms. The van der Waals surface area contributed by atoms with Crippen molar-refractivity contribution in [1.29, 1.82) is 0 Å². The fraction of sp³-hybridized carbons (Fsp3) is 0.0370. The van der Waals surface area contributed by atoms with Gasteiger partial charge in [0.2, 0.25) is 0 Å². The second kappa shape index (κ2) is 9.88. The van der Waals surface area contributed by atoms with E-state index in [2.05, 4.69) is 15.3 Å². The number of ketones is 1. The van der Waals surface area contributed by atoms with E-state index in [1.807, 2.05) is 37.3 Å². The molecule has 0 aliphatic carbocycles. The lowest BCUT2D eigenvalue weighted by atomic mass is 9.97. The Morgan fingerprint density at radius 1 is 1.00 bits per heavy atom. The number of amides is 1. The summed E-state index contributed by atoms with van der Waals surface area (Å²) in [7, 11) is 0. The standard InChI is InChI=1S/C27H17ClN4O4S/c1-15-8-9-17(26-31-21-7-4-12-29-27(21)37-26)13-22(15)30-25(34)19-6-3-2-5-18(19)24(33)16-10-11-20(28)23(14-16)32(35)36/h2-14H,1H3,(H,30,34). The molecule has 0 spiro atoms. The molecule has 0 saturated heterocycles. The van der Waals surface area contributed by atoms with Gasteiger partial charge in [-0.15, -0.1) is 0 Å². The highest BCUT2D eigenvalue weighted by molar-refractivity contribution is 7.21. The molecule has 0 aliphatic heterocycles. The Bertz CT molecular complexity index is 1680. The number of rotatable bonds is 6. The van der Waals surface area contributed by atoms with Crippen LogP contribution in [0, 0.1) is 17.0 Å². The summed E-state index contributed by atoms with van der Waals surface area (Å²) >= 11 is 7.34. The lowest BCUT2D eigenvalue weighted by molar-refractivity contribution is -0.384. The fourth-order valence-corrected chi connectivity index (χ4v) is 4.89. The molecule has 5 aromatic rings. The monoisotopic (exact) mass is 528 g/mol. The molecule has 0 radical (unpaired) electrons. The van der Waals surface area contributed by atoms with Gasteiger partial charge in [-0.1, -0.05) is 53.3 Å². The van der Waals surface area contributed by atoms with Gasteiger partial charge in [-0.05, 0) is 48.9 Å². The van der Waals surface area contributed by atoms with E-state index < -0.39 is 16.6 Å². The molecule has 2 aromatic heterocycles. The Balaban J connectivity index is 1.46. The number of aryl methyl sites for hydroxylation is 1. The Kier molecular flexibility index (Phi) is 6.47. The largest absolute Gasteiger partial charge is 0.322 e. The third-order valence-electron chi connectivity index (χ3n) is 5.72. The number of thiazole rings is 1. The lowest BCUT2D eigenvalue weighted by Crippen LogP contribution is -2.17. The Labute approximate surface area is 219 Å². The van der Waals surface area contributed by atoms with E-state index in [1.54, 1.807) is 18.3 Å². The van der Waals surface area contributed by atoms with Crippen LogP contribution in [0.15, 0.2) is 79.0 Å². The molecule has 0 unspecified atom stereocenters. The number of carbonyl (C=O) groups is 2. The number of carbonyl (C=O) groups excluding carboxylic acids is 2. The number of nitrogens with zero attached hydrogens (tertiary/aromatic N) is 3. The quantitative estimate of drug-likeness (QED) is 0.149. The lowest BCUT2D eigenvalue weighted by Gasteiger charge is -2.12. The van der Waals surface area contributed by atoms with Gasteiger partial charge in [0.15, 0.2) is 5.78 Å². The van der Waals surface area contributed by atoms with E-state index in [-0.39, 0.29) is 27.4 Å². The van der Waals surface area contributed by atoms with Crippen LogP contribution in [0.25, 0.3) is 20.9 Å². The van der Waals surface area contributed by atoms with Crippen molar-refractivity contribution in [3.05, 3.63) is 116 Å². The fourth-order valence-electron chi connectivity index (χ4n) is 3.80. The van der Waals surface area contributed by atoms with E-state index in [0.717, 1.165) is 32.5 Å². The number of anilines is 1. The molecular weight excluding hydrogens is 512 g/mol. The normalized spacial score (nSPS) is 10.9. The van der Waals surface area contributed by atoms with Gasteiger partial charge in [-0.25, -0.2) is 9.97 Å². The number of halogens is 1. The van der Waals surface area contributed by atoms with Crippen molar-refractivity contribution in [1.82, 2.24) is 9.97 Å². The van der Waals surface area contributed by atoms with Crippen LogP contribution in [0.1, 0.15) is 31.8 Å². The number of nitro benzene ring substituents is 1. The first-order valence-electron chi connectivity index (χ1n) is 11.0. The predicted octanol–water partition coefficient (Wildman–Crippen LogP) is 6.71. The van der Waals surface area contributed by atoms with Crippen molar-refractivity contribution in [2.45, 2.75) is 6.92 Å². The Hall–Kier alpha value is -4.47. The average Bonchev–Trinajstić information content (AvgIpc) is 3.34. The Morgan fingerprint density at radius 2 is 1.78 bits per heavy atom. The molecular formula is C27H17ClN4O4S. The second-order valence-electron chi connectivity index (χ2n) is 8.13. The zero-order chi connectivity index (χ0) is 26.1. The number of nitrogens with one attached hydrogen (secondary N) is 1. The molecule has 0 saturated carbocycles. The van der Waals surface area contributed by atoms with Gasteiger partial charge in [-0.2, -0.15) is 0 Å². The molecule has 3 aromatic carbocycles. The average molecular weight is 529 g/mol. The molecule has 2 heterocycles. The van der Waals surface area contributed by atoms with E-state index in [4.69, 9.17) is 11.6 Å². The minimum Gasteiger partial charge on any atom is -0.322 e.